The lowest BCUT2D eigenvalue weighted by Crippen LogP contribution is -2.33. The zero-order valence-corrected chi connectivity index (χ0v) is 11.0. The van der Waals surface area contributed by atoms with Gasteiger partial charge in [-0.3, -0.25) is 4.68 Å². The summed E-state index contributed by atoms with van der Waals surface area (Å²) in [5.74, 6) is 3.53. The van der Waals surface area contributed by atoms with Crippen LogP contribution in [-0.2, 0) is 13.5 Å². The van der Waals surface area contributed by atoms with E-state index in [0.717, 1.165) is 23.6 Å². The minimum atomic E-state index is 0.604. The summed E-state index contributed by atoms with van der Waals surface area (Å²) in [6.07, 6.45) is 2.14. The first-order valence-electron chi connectivity index (χ1n) is 5.77. The molecule has 0 saturated carbocycles. The number of anilines is 2. The van der Waals surface area contributed by atoms with Crippen molar-refractivity contribution in [1.29, 1.82) is 0 Å². The molecule has 0 spiro atoms. The molecule has 1 atom stereocenters. The number of hydrogen-bond donors (Lipinski definition) is 1. The van der Waals surface area contributed by atoms with E-state index in [4.69, 9.17) is 5.73 Å². The van der Waals surface area contributed by atoms with E-state index < -0.39 is 0 Å². The normalized spacial score (nSPS) is 20.3. The van der Waals surface area contributed by atoms with Crippen molar-refractivity contribution in [1.82, 2.24) is 9.78 Å². The Kier molecular flexibility index (Phi) is 3.33. The van der Waals surface area contributed by atoms with Gasteiger partial charge in [0.25, 0.3) is 0 Å². The average molecular weight is 240 g/mol. The number of nitrogens with two attached hydrogens (primary N) is 1. The topological polar surface area (TPSA) is 47.1 Å². The average Bonchev–Trinajstić information content (AvgIpc) is 2.86. The third-order valence-corrected chi connectivity index (χ3v) is 4.40. The number of aryl methyl sites for hydroxylation is 2. The van der Waals surface area contributed by atoms with Gasteiger partial charge in [0.2, 0.25) is 0 Å². The van der Waals surface area contributed by atoms with Crippen LogP contribution in [-0.4, -0.2) is 34.4 Å². The second-order valence-electron chi connectivity index (χ2n) is 4.29. The Morgan fingerprint density at radius 1 is 1.62 bits per heavy atom. The first-order valence-corrected chi connectivity index (χ1v) is 6.92. The molecule has 0 aromatic carbocycles. The van der Waals surface area contributed by atoms with Crippen molar-refractivity contribution in [2.75, 3.05) is 29.2 Å². The highest BCUT2D eigenvalue weighted by Gasteiger charge is 2.25. The molecular formula is C11H20N4S. The van der Waals surface area contributed by atoms with Crippen LogP contribution in [0.5, 0.6) is 0 Å². The van der Waals surface area contributed by atoms with Gasteiger partial charge in [0.05, 0.1) is 11.4 Å². The van der Waals surface area contributed by atoms with Crippen LogP contribution in [0.3, 0.4) is 0 Å². The number of nitrogen functional groups attached to an aromatic ring is 1. The standard InChI is InChI=1S/C11H20N4S/c1-4-9-10(12)11(15(3)13-9)14(2)8-5-6-16-7-8/h8H,4-7,12H2,1-3H3. The van der Waals surface area contributed by atoms with Gasteiger partial charge >= 0.3 is 0 Å². The summed E-state index contributed by atoms with van der Waals surface area (Å²) in [7, 11) is 4.10. The van der Waals surface area contributed by atoms with E-state index in [1.807, 2.05) is 23.5 Å². The molecule has 1 saturated heterocycles. The van der Waals surface area contributed by atoms with Gasteiger partial charge in [0, 0.05) is 25.9 Å². The van der Waals surface area contributed by atoms with Crippen LogP contribution < -0.4 is 10.6 Å². The predicted molar refractivity (Wildman–Crippen MR) is 71.1 cm³/mol. The molecule has 1 aromatic rings. The number of thioether (sulfide) groups is 1. The summed E-state index contributed by atoms with van der Waals surface area (Å²) >= 11 is 2.02. The van der Waals surface area contributed by atoms with Gasteiger partial charge in [0.1, 0.15) is 5.82 Å². The van der Waals surface area contributed by atoms with E-state index in [9.17, 15) is 0 Å². The van der Waals surface area contributed by atoms with Gasteiger partial charge in [-0.05, 0) is 18.6 Å². The quantitative estimate of drug-likeness (QED) is 0.870. The van der Waals surface area contributed by atoms with E-state index in [1.54, 1.807) is 0 Å². The van der Waals surface area contributed by atoms with Gasteiger partial charge in [0.15, 0.2) is 0 Å². The van der Waals surface area contributed by atoms with Crippen LogP contribution in [0.25, 0.3) is 0 Å². The number of nitrogens with zero attached hydrogens (tertiary/aromatic N) is 3. The van der Waals surface area contributed by atoms with E-state index >= 15 is 0 Å². The molecule has 4 nitrogen and oxygen atoms in total. The Labute approximate surface area is 101 Å². The first-order chi connectivity index (χ1) is 7.65. The molecule has 0 aliphatic carbocycles. The Morgan fingerprint density at radius 2 is 2.38 bits per heavy atom. The summed E-state index contributed by atoms with van der Waals surface area (Å²) in [5, 5.41) is 4.46. The Bertz CT molecular complexity index is 368. The molecule has 0 amide bonds. The third-order valence-electron chi connectivity index (χ3n) is 3.25. The molecule has 0 radical (unpaired) electrons. The molecular weight excluding hydrogens is 220 g/mol. The summed E-state index contributed by atoms with van der Waals surface area (Å²) in [4.78, 5) is 2.29. The molecule has 1 aromatic heterocycles. The second kappa shape index (κ2) is 4.57. The fraction of sp³-hybridized carbons (Fsp3) is 0.727. The van der Waals surface area contributed by atoms with Crippen molar-refractivity contribution in [3.63, 3.8) is 0 Å². The van der Waals surface area contributed by atoms with Crippen LogP contribution in [0.1, 0.15) is 19.0 Å². The SMILES string of the molecule is CCc1nn(C)c(N(C)C2CCSC2)c1N. The van der Waals surface area contributed by atoms with Crippen molar-refractivity contribution in [3.05, 3.63) is 5.69 Å². The lowest BCUT2D eigenvalue weighted by Gasteiger charge is -2.26. The fourth-order valence-electron chi connectivity index (χ4n) is 2.27. The van der Waals surface area contributed by atoms with Gasteiger partial charge in [-0.25, -0.2) is 0 Å². The molecule has 1 aliphatic heterocycles. The molecule has 1 aliphatic rings. The predicted octanol–water partition coefficient (Wildman–Crippen LogP) is 1.51. The van der Waals surface area contributed by atoms with Crippen molar-refractivity contribution >= 4 is 23.3 Å². The maximum absolute atomic E-state index is 6.15. The van der Waals surface area contributed by atoms with E-state index in [0.29, 0.717) is 6.04 Å². The zero-order valence-electron chi connectivity index (χ0n) is 10.2. The molecule has 1 unspecified atom stereocenters. The summed E-state index contributed by atoms with van der Waals surface area (Å²) in [6, 6.07) is 0.604. The Hall–Kier alpha value is -0.840. The summed E-state index contributed by atoms with van der Waals surface area (Å²) in [5.41, 5.74) is 8.01. The maximum Gasteiger partial charge on any atom is 0.150 e. The van der Waals surface area contributed by atoms with Crippen LogP contribution in [0, 0.1) is 0 Å². The molecule has 2 rings (SSSR count). The Balaban J connectivity index is 2.28. The smallest absolute Gasteiger partial charge is 0.150 e. The second-order valence-corrected chi connectivity index (χ2v) is 5.44. The zero-order chi connectivity index (χ0) is 11.7. The summed E-state index contributed by atoms with van der Waals surface area (Å²) in [6.45, 7) is 2.09. The molecule has 2 N–H and O–H groups in total. The first kappa shape index (κ1) is 11.6. The highest BCUT2D eigenvalue weighted by atomic mass is 32.2. The van der Waals surface area contributed by atoms with Gasteiger partial charge < -0.3 is 10.6 Å². The highest BCUT2D eigenvalue weighted by molar-refractivity contribution is 7.99. The van der Waals surface area contributed by atoms with Crippen molar-refractivity contribution in [2.45, 2.75) is 25.8 Å². The van der Waals surface area contributed by atoms with Crippen molar-refractivity contribution in [2.24, 2.45) is 7.05 Å². The molecule has 1 fully saturated rings. The van der Waals surface area contributed by atoms with E-state index in [1.165, 1.54) is 17.9 Å². The van der Waals surface area contributed by atoms with Crippen LogP contribution in [0.4, 0.5) is 11.5 Å². The summed E-state index contributed by atoms with van der Waals surface area (Å²) < 4.78 is 1.91. The molecule has 5 heteroatoms. The minimum absolute atomic E-state index is 0.604. The van der Waals surface area contributed by atoms with E-state index in [2.05, 4.69) is 24.0 Å². The lowest BCUT2D eigenvalue weighted by molar-refractivity contribution is 0.653. The van der Waals surface area contributed by atoms with E-state index in [-0.39, 0.29) is 0 Å². The number of rotatable bonds is 3. The van der Waals surface area contributed by atoms with Crippen molar-refractivity contribution in [3.8, 4) is 0 Å². The highest BCUT2D eigenvalue weighted by Crippen LogP contribution is 2.31. The van der Waals surface area contributed by atoms with Gasteiger partial charge in [-0.15, -0.1) is 0 Å². The third kappa shape index (κ3) is 1.88. The fourth-order valence-corrected chi connectivity index (χ4v) is 3.53. The lowest BCUT2D eigenvalue weighted by atomic mass is 10.2. The molecule has 16 heavy (non-hydrogen) atoms. The molecule has 2 heterocycles. The number of hydrogen-bond acceptors (Lipinski definition) is 4. The van der Waals surface area contributed by atoms with Gasteiger partial charge in [-0.1, -0.05) is 6.92 Å². The minimum Gasteiger partial charge on any atom is -0.394 e. The van der Waals surface area contributed by atoms with Crippen molar-refractivity contribution < 1.29 is 0 Å². The van der Waals surface area contributed by atoms with Crippen LogP contribution >= 0.6 is 11.8 Å². The number of aromatic nitrogens is 2. The van der Waals surface area contributed by atoms with Gasteiger partial charge in [-0.2, -0.15) is 16.9 Å². The maximum atomic E-state index is 6.15. The monoisotopic (exact) mass is 240 g/mol. The van der Waals surface area contributed by atoms with Crippen LogP contribution in [0.15, 0.2) is 0 Å². The van der Waals surface area contributed by atoms with Crippen LogP contribution in [0.2, 0.25) is 0 Å². The largest absolute Gasteiger partial charge is 0.394 e. The Morgan fingerprint density at radius 3 is 2.88 bits per heavy atom. The molecule has 90 valence electrons. The molecule has 0 bridgehead atoms.